The fourth-order valence-electron chi connectivity index (χ4n) is 3.18. The van der Waals surface area contributed by atoms with Gasteiger partial charge >= 0.3 is 6.03 Å². The molecule has 4 N–H and O–H groups in total. The standard InChI is InChI=1S/C20H20N6O4/c1-11(27)17(12-6-4-3-5-7-12)24-20(28)23-15-8-13-16(19(29-2)26-25-13)18(22-15)14-9-21-10-30-14/h3-11,17,27H,1-2H3,(H,25,26)(H2,22,23,24,28). The van der Waals surface area contributed by atoms with E-state index in [9.17, 15) is 9.90 Å². The molecule has 0 radical (unpaired) electrons. The summed E-state index contributed by atoms with van der Waals surface area (Å²) in [5, 5.41) is 23.1. The van der Waals surface area contributed by atoms with Crippen molar-refractivity contribution in [2.45, 2.75) is 19.1 Å². The lowest BCUT2D eigenvalue weighted by Crippen LogP contribution is -2.37. The number of nitrogens with zero attached hydrogens (tertiary/aromatic N) is 3. The molecule has 1 aromatic carbocycles. The van der Waals surface area contributed by atoms with E-state index in [4.69, 9.17) is 9.15 Å². The van der Waals surface area contributed by atoms with Crippen LogP contribution in [0.1, 0.15) is 18.5 Å². The smallest absolute Gasteiger partial charge is 0.320 e. The Hall–Kier alpha value is -3.92. The number of hydrogen-bond acceptors (Lipinski definition) is 7. The zero-order valence-corrected chi connectivity index (χ0v) is 16.3. The number of aromatic nitrogens is 4. The topological polar surface area (TPSA) is 138 Å². The van der Waals surface area contributed by atoms with Crippen LogP contribution in [0, 0.1) is 0 Å². The number of hydrogen-bond donors (Lipinski definition) is 4. The normalized spacial score (nSPS) is 13.0. The molecule has 0 saturated heterocycles. The van der Waals surface area contributed by atoms with Gasteiger partial charge in [0.05, 0.1) is 36.4 Å². The predicted octanol–water partition coefficient (Wildman–Crippen LogP) is 2.87. The molecule has 3 heterocycles. The molecule has 0 bridgehead atoms. The number of urea groups is 1. The average molecular weight is 408 g/mol. The van der Waals surface area contributed by atoms with Crippen molar-refractivity contribution in [2.24, 2.45) is 0 Å². The number of ether oxygens (including phenoxy) is 1. The summed E-state index contributed by atoms with van der Waals surface area (Å²) in [6.45, 7) is 1.61. The number of anilines is 1. The van der Waals surface area contributed by atoms with E-state index in [0.717, 1.165) is 5.56 Å². The van der Waals surface area contributed by atoms with Gasteiger partial charge in [-0.05, 0) is 12.5 Å². The summed E-state index contributed by atoms with van der Waals surface area (Å²) < 4.78 is 10.7. The van der Waals surface area contributed by atoms with Crippen LogP contribution in [0.4, 0.5) is 10.6 Å². The minimum absolute atomic E-state index is 0.259. The fourth-order valence-corrected chi connectivity index (χ4v) is 3.18. The van der Waals surface area contributed by atoms with Crippen molar-refractivity contribution >= 4 is 22.8 Å². The van der Waals surface area contributed by atoms with Gasteiger partial charge in [-0.15, -0.1) is 5.10 Å². The summed E-state index contributed by atoms with van der Waals surface area (Å²) in [6, 6.07) is 9.74. The second-order valence-corrected chi connectivity index (χ2v) is 6.60. The second-order valence-electron chi connectivity index (χ2n) is 6.60. The van der Waals surface area contributed by atoms with Crippen LogP contribution in [-0.4, -0.2) is 44.5 Å². The van der Waals surface area contributed by atoms with Crippen LogP contribution in [0.15, 0.2) is 53.4 Å². The highest BCUT2D eigenvalue weighted by molar-refractivity contribution is 5.99. The molecule has 0 aliphatic carbocycles. The van der Waals surface area contributed by atoms with Crippen molar-refractivity contribution in [1.82, 2.24) is 25.5 Å². The van der Waals surface area contributed by atoms with E-state index in [-0.39, 0.29) is 5.82 Å². The number of benzene rings is 1. The summed E-state index contributed by atoms with van der Waals surface area (Å²) in [5.74, 6) is 1.00. The number of methoxy groups -OCH3 is 1. The molecule has 4 aromatic rings. The van der Waals surface area contributed by atoms with Crippen molar-refractivity contribution in [3.8, 4) is 17.3 Å². The lowest BCUT2D eigenvalue weighted by Gasteiger charge is -2.22. The number of carbonyl (C=O) groups excluding carboxylic acids is 1. The maximum Gasteiger partial charge on any atom is 0.320 e. The third-order valence-corrected chi connectivity index (χ3v) is 4.54. The maximum atomic E-state index is 12.6. The number of oxazole rings is 1. The number of nitrogens with one attached hydrogen (secondary N) is 3. The zero-order valence-electron chi connectivity index (χ0n) is 16.3. The lowest BCUT2D eigenvalue weighted by molar-refractivity contribution is 0.148. The van der Waals surface area contributed by atoms with Crippen LogP contribution in [0.3, 0.4) is 0 Å². The molecule has 10 heteroatoms. The van der Waals surface area contributed by atoms with E-state index in [1.165, 1.54) is 19.7 Å². The van der Waals surface area contributed by atoms with Gasteiger partial charge in [-0.25, -0.2) is 14.8 Å². The maximum absolute atomic E-state index is 12.6. The molecule has 4 rings (SSSR count). The molecule has 0 fully saturated rings. The van der Waals surface area contributed by atoms with Crippen molar-refractivity contribution < 1.29 is 19.1 Å². The first-order valence-electron chi connectivity index (χ1n) is 9.19. The van der Waals surface area contributed by atoms with Crippen LogP contribution >= 0.6 is 0 Å². The van der Waals surface area contributed by atoms with Crippen LogP contribution in [0.25, 0.3) is 22.4 Å². The zero-order chi connectivity index (χ0) is 21.1. The van der Waals surface area contributed by atoms with Crippen LogP contribution < -0.4 is 15.4 Å². The van der Waals surface area contributed by atoms with Gasteiger partial charge in [0.15, 0.2) is 12.2 Å². The van der Waals surface area contributed by atoms with Crippen LogP contribution in [-0.2, 0) is 0 Å². The SMILES string of the molecule is COc1n[nH]c2cc(NC(=O)NC(c3ccccc3)C(C)O)nc(-c3cnco3)c12. The largest absolute Gasteiger partial charge is 0.479 e. The van der Waals surface area contributed by atoms with Gasteiger partial charge in [0, 0.05) is 6.07 Å². The Balaban J connectivity index is 1.63. The van der Waals surface area contributed by atoms with Gasteiger partial charge in [-0.3, -0.25) is 10.4 Å². The highest BCUT2D eigenvalue weighted by atomic mass is 16.5. The van der Waals surface area contributed by atoms with E-state index in [2.05, 4.69) is 30.8 Å². The Morgan fingerprint density at radius 2 is 2.10 bits per heavy atom. The van der Waals surface area contributed by atoms with Gasteiger partial charge in [-0.2, -0.15) is 0 Å². The molecule has 0 saturated carbocycles. The van der Waals surface area contributed by atoms with Gasteiger partial charge in [0.25, 0.3) is 0 Å². The van der Waals surface area contributed by atoms with E-state index in [1.807, 2.05) is 30.3 Å². The monoisotopic (exact) mass is 408 g/mol. The first kappa shape index (κ1) is 19.4. The Morgan fingerprint density at radius 1 is 1.30 bits per heavy atom. The summed E-state index contributed by atoms with van der Waals surface area (Å²) in [6.07, 6.45) is 2.00. The first-order chi connectivity index (χ1) is 14.6. The summed E-state index contributed by atoms with van der Waals surface area (Å²) in [4.78, 5) is 21.0. The molecule has 30 heavy (non-hydrogen) atoms. The number of carbonyl (C=O) groups is 1. The van der Waals surface area contributed by atoms with E-state index in [1.54, 1.807) is 13.0 Å². The van der Waals surface area contributed by atoms with Gasteiger partial charge in [-0.1, -0.05) is 30.3 Å². The highest BCUT2D eigenvalue weighted by Crippen LogP contribution is 2.33. The minimum Gasteiger partial charge on any atom is -0.479 e. The number of fused-ring (bicyclic) bond motifs is 1. The Morgan fingerprint density at radius 3 is 2.77 bits per heavy atom. The van der Waals surface area contributed by atoms with Crippen molar-refractivity contribution in [2.75, 3.05) is 12.4 Å². The molecular weight excluding hydrogens is 388 g/mol. The van der Waals surface area contributed by atoms with Crippen molar-refractivity contribution in [3.05, 3.63) is 54.6 Å². The van der Waals surface area contributed by atoms with Gasteiger partial charge < -0.3 is 19.6 Å². The van der Waals surface area contributed by atoms with Gasteiger partial charge in [0.1, 0.15) is 11.5 Å². The third-order valence-electron chi connectivity index (χ3n) is 4.54. The number of aliphatic hydroxyl groups is 1. The lowest BCUT2D eigenvalue weighted by atomic mass is 10.0. The summed E-state index contributed by atoms with van der Waals surface area (Å²) >= 11 is 0. The van der Waals surface area contributed by atoms with Crippen LogP contribution in [0.2, 0.25) is 0 Å². The molecule has 10 nitrogen and oxygen atoms in total. The van der Waals surface area contributed by atoms with Crippen LogP contribution in [0.5, 0.6) is 5.88 Å². The second kappa shape index (κ2) is 8.21. The number of amides is 2. The predicted molar refractivity (Wildman–Crippen MR) is 109 cm³/mol. The molecule has 0 spiro atoms. The Kier molecular flexibility index (Phi) is 5.31. The summed E-state index contributed by atoms with van der Waals surface area (Å²) in [7, 11) is 1.50. The molecule has 2 amide bonds. The number of aromatic amines is 1. The Labute approximate surface area is 171 Å². The fraction of sp³-hybridized carbons (Fsp3) is 0.200. The number of aliphatic hydroxyl groups excluding tert-OH is 1. The van der Waals surface area contributed by atoms with E-state index >= 15 is 0 Å². The average Bonchev–Trinajstić information content (AvgIpc) is 3.42. The molecule has 0 aliphatic rings. The van der Waals surface area contributed by atoms with E-state index < -0.39 is 18.2 Å². The Bertz CT molecular complexity index is 1140. The first-order valence-corrected chi connectivity index (χ1v) is 9.19. The number of rotatable bonds is 6. The van der Waals surface area contributed by atoms with E-state index in [0.29, 0.717) is 28.2 Å². The summed E-state index contributed by atoms with van der Waals surface area (Å²) in [5.41, 5.74) is 1.80. The molecule has 3 aromatic heterocycles. The molecule has 0 aliphatic heterocycles. The minimum atomic E-state index is -0.796. The quantitative estimate of drug-likeness (QED) is 0.385. The molecular formula is C20H20N6O4. The van der Waals surface area contributed by atoms with Gasteiger partial charge in [0.2, 0.25) is 5.88 Å². The third kappa shape index (κ3) is 3.80. The highest BCUT2D eigenvalue weighted by Gasteiger charge is 2.22. The molecule has 2 atom stereocenters. The molecule has 2 unspecified atom stereocenters. The number of pyridine rings is 1. The van der Waals surface area contributed by atoms with Crippen molar-refractivity contribution in [3.63, 3.8) is 0 Å². The number of H-pyrrole nitrogens is 1. The van der Waals surface area contributed by atoms with Crippen molar-refractivity contribution in [1.29, 1.82) is 0 Å². The molecule has 154 valence electrons.